The molecule has 0 spiro atoms. The number of hydroxylamine groups is 2. The van der Waals surface area contributed by atoms with Gasteiger partial charge >= 0.3 is 5.97 Å². The summed E-state index contributed by atoms with van der Waals surface area (Å²) in [6.45, 7) is 6.55. The van der Waals surface area contributed by atoms with E-state index in [4.69, 9.17) is 9.57 Å². The van der Waals surface area contributed by atoms with Gasteiger partial charge in [-0.1, -0.05) is 66.8 Å². The first kappa shape index (κ1) is 17.7. The summed E-state index contributed by atoms with van der Waals surface area (Å²) in [4.78, 5) is 17.5. The first-order chi connectivity index (χ1) is 10.5. The maximum atomic E-state index is 11.5. The minimum absolute atomic E-state index is 0.0723. The third kappa shape index (κ3) is 4.67. The van der Waals surface area contributed by atoms with Crippen LogP contribution in [0.3, 0.4) is 0 Å². The molecule has 122 valence electrons. The highest BCUT2D eigenvalue weighted by molar-refractivity contribution is 14.1. The van der Waals surface area contributed by atoms with Crippen LogP contribution >= 0.6 is 22.6 Å². The van der Waals surface area contributed by atoms with Crippen LogP contribution in [-0.4, -0.2) is 33.7 Å². The fourth-order valence-corrected chi connectivity index (χ4v) is 3.50. The van der Waals surface area contributed by atoms with Crippen LogP contribution in [0.5, 0.6) is 0 Å². The van der Waals surface area contributed by atoms with Gasteiger partial charge in [-0.25, -0.2) is 0 Å². The molecule has 22 heavy (non-hydrogen) atoms. The highest BCUT2D eigenvalue weighted by Gasteiger charge is 2.45. The standard InChI is InChI=1S/C17H24INO3/c1-12(2)9-15-17(21-13(3)20)16(10-18)22-19(15)11-14-7-5-4-6-8-14/h4-8,12,15-17H,9-11H2,1-3H3/t15-,16+,17+/m0/s1. The minimum Gasteiger partial charge on any atom is -0.458 e. The van der Waals surface area contributed by atoms with Crippen molar-refractivity contribution in [2.24, 2.45) is 5.92 Å². The zero-order chi connectivity index (χ0) is 16.1. The molecule has 0 aromatic heterocycles. The molecule has 1 aromatic rings. The highest BCUT2D eigenvalue weighted by atomic mass is 127. The Balaban J connectivity index is 2.17. The minimum atomic E-state index is -0.237. The van der Waals surface area contributed by atoms with E-state index >= 15 is 0 Å². The number of hydrogen-bond donors (Lipinski definition) is 0. The van der Waals surface area contributed by atoms with Gasteiger partial charge in [0.1, 0.15) is 12.2 Å². The van der Waals surface area contributed by atoms with Gasteiger partial charge in [-0.2, -0.15) is 5.06 Å². The average Bonchev–Trinajstić information content (AvgIpc) is 2.77. The first-order valence-corrected chi connectivity index (χ1v) is 9.24. The van der Waals surface area contributed by atoms with Gasteiger partial charge < -0.3 is 4.74 Å². The van der Waals surface area contributed by atoms with Crippen LogP contribution in [0.25, 0.3) is 0 Å². The average molecular weight is 417 g/mol. The lowest BCUT2D eigenvalue weighted by atomic mass is 9.97. The molecule has 0 radical (unpaired) electrons. The van der Waals surface area contributed by atoms with E-state index in [0.29, 0.717) is 12.5 Å². The molecule has 1 saturated heterocycles. The van der Waals surface area contributed by atoms with Crippen LogP contribution < -0.4 is 0 Å². The highest BCUT2D eigenvalue weighted by Crippen LogP contribution is 2.31. The monoisotopic (exact) mass is 417 g/mol. The summed E-state index contributed by atoms with van der Waals surface area (Å²) in [5, 5.41) is 2.01. The molecule has 4 nitrogen and oxygen atoms in total. The molecule has 0 saturated carbocycles. The lowest BCUT2D eigenvalue weighted by molar-refractivity contribution is -0.166. The summed E-state index contributed by atoms with van der Waals surface area (Å²) in [5.74, 6) is 0.275. The largest absolute Gasteiger partial charge is 0.458 e. The third-order valence-corrected chi connectivity index (χ3v) is 4.60. The van der Waals surface area contributed by atoms with Gasteiger partial charge in [0.25, 0.3) is 0 Å². The van der Waals surface area contributed by atoms with Crippen molar-refractivity contribution in [1.82, 2.24) is 5.06 Å². The maximum Gasteiger partial charge on any atom is 0.303 e. The number of halogens is 1. The predicted molar refractivity (Wildman–Crippen MR) is 94.5 cm³/mol. The summed E-state index contributed by atoms with van der Waals surface area (Å²) in [6.07, 6.45) is 0.676. The van der Waals surface area contributed by atoms with E-state index in [1.807, 2.05) is 23.3 Å². The van der Waals surface area contributed by atoms with Crippen LogP contribution in [0.4, 0.5) is 0 Å². The zero-order valence-corrected chi connectivity index (χ0v) is 15.5. The van der Waals surface area contributed by atoms with Crippen molar-refractivity contribution >= 4 is 28.6 Å². The predicted octanol–water partition coefficient (Wildman–Crippen LogP) is 3.58. The van der Waals surface area contributed by atoms with Crippen molar-refractivity contribution in [2.45, 2.75) is 52.0 Å². The molecule has 0 aliphatic carbocycles. The molecule has 2 rings (SSSR count). The van der Waals surface area contributed by atoms with E-state index in [9.17, 15) is 4.79 Å². The fourth-order valence-electron chi connectivity index (χ4n) is 2.84. The van der Waals surface area contributed by atoms with Crippen molar-refractivity contribution in [3.05, 3.63) is 35.9 Å². The van der Waals surface area contributed by atoms with E-state index in [2.05, 4.69) is 48.6 Å². The molecule has 5 heteroatoms. The lowest BCUT2D eigenvalue weighted by Crippen LogP contribution is -2.39. The molecule has 1 aliphatic rings. The molecular formula is C17H24INO3. The summed E-state index contributed by atoms with van der Waals surface area (Å²) in [7, 11) is 0. The van der Waals surface area contributed by atoms with Crippen molar-refractivity contribution in [2.75, 3.05) is 4.43 Å². The topological polar surface area (TPSA) is 38.8 Å². The second-order valence-electron chi connectivity index (χ2n) is 6.13. The first-order valence-electron chi connectivity index (χ1n) is 7.71. The summed E-state index contributed by atoms with van der Waals surface area (Å²) in [6, 6.07) is 10.4. The zero-order valence-electron chi connectivity index (χ0n) is 13.4. The van der Waals surface area contributed by atoms with Crippen LogP contribution in [-0.2, 0) is 20.9 Å². The number of ether oxygens (including phenoxy) is 1. The molecular weight excluding hydrogens is 393 g/mol. The fraction of sp³-hybridized carbons (Fsp3) is 0.588. The molecule has 0 amide bonds. The van der Waals surface area contributed by atoms with Gasteiger partial charge in [-0.3, -0.25) is 9.63 Å². The second kappa shape index (κ2) is 8.26. The Hall–Kier alpha value is -0.660. The molecule has 1 heterocycles. The maximum absolute atomic E-state index is 11.5. The van der Waals surface area contributed by atoms with Crippen molar-refractivity contribution in [1.29, 1.82) is 0 Å². The number of alkyl halides is 1. The Morgan fingerprint density at radius 1 is 1.36 bits per heavy atom. The molecule has 3 atom stereocenters. The van der Waals surface area contributed by atoms with Crippen molar-refractivity contribution < 1.29 is 14.4 Å². The summed E-state index contributed by atoms with van der Waals surface area (Å²) < 4.78 is 6.39. The van der Waals surface area contributed by atoms with Crippen LogP contribution in [0, 0.1) is 5.92 Å². The van der Waals surface area contributed by atoms with Gasteiger partial charge in [0.15, 0.2) is 0 Å². The van der Waals surface area contributed by atoms with Gasteiger partial charge in [-0.15, -0.1) is 0 Å². The number of carbonyl (C=O) groups is 1. The number of hydrogen-bond acceptors (Lipinski definition) is 4. The number of esters is 1. The smallest absolute Gasteiger partial charge is 0.303 e. The molecule has 1 fully saturated rings. The second-order valence-corrected chi connectivity index (χ2v) is 7.01. The van der Waals surface area contributed by atoms with Gasteiger partial charge in [0, 0.05) is 17.9 Å². The SMILES string of the molecule is CC(=O)O[C@H]1[C@@H](CI)ON(Cc2ccccc2)[C@H]1CC(C)C. The molecule has 0 unspecified atom stereocenters. The van der Waals surface area contributed by atoms with Gasteiger partial charge in [-0.05, 0) is 17.9 Å². The van der Waals surface area contributed by atoms with Crippen molar-refractivity contribution in [3.63, 3.8) is 0 Å². The van der Waals surface area contributed by atoms with Gasteiger partial charge in [0.05, 0.1) is 6.04 Å². The molecule has 0 N–H and O–H groups in total. The van der Waals surface area contributed by atoms with E-state index in [1.54, 1.807) is 0 Å². The molecule has 0 bridgehead atoms. The van der Waals surface area contributed by atoms with Crippen LogP contribution in [0.15, 0.2) is 30.3 Å². The normalized spacial score (nSPS) is 25.6. The van der Waals surface area contributed by atoms with Crippen LogP contribution in [0.1, 0.15) is 32.8 Å². The Bertz CT molecular complexity index is 480. The number of carbonyl (C=O) groups excluding carboxylic acids is 1. The van der Waals surface area contributed by atoms with E-state index < -0.39 is 0 Å². The Kier molecular flexibility index (Phi) is 6.65. The van der Waals surface area contributed by atoms with E-state index in [0.717, 1.165) is 10.8 Å². The molecule has 1 aliphatic heterocycles. The van der Waals surface area contributed by atoms with Gasteiger partial charge in [0.2, 0.25) is 0 Å². The van der Waals surface area contributed by atoms with Crippen molar-refractivity contribution in [3.8, 4) is 0 Å². The Morgan fingerprint density at radius 2 is 2.05 bits per heavy atom. The summed E-state index contributed by atoms with van der Waals surface area (Å²) in [5.41, 5.74) is 1.20. The third-order valence-electron chi connectivity index (χ3n) is 3.73. The van der Waals surface area contributed by atoms with Crippen LogP contribution in [0.2, 0.25) is 0 Å². The lowest BCUT2D eigenvalue weighted by Gasteiger charge is -2.26. The van der Waals surface area contributed by atoms with E-state index in [1.165, 1.54) is 12.5 Å². The Labute approximate surface area is 146 Å². The number of benzene rings is 1. The molecule has 1 aromatic carbocycles. The number of rotatable bonds is 6. The van der Waals surface area contributed by atoms with E-state index in [-0.39, 0.29) is 24.2 Å². The Morgan fingerprint density at radius 3 is 2.59 bits per heavy atom. The quantitative estimate of drug-likeness (QED) is 0.403. The number of nitrogens with zero attached hydrogens (tertiary/aromatic N) is 1. The summed E-state index contributed by atoms with van der Waals surface area (Å²) >= 11 is 2.29.